The van der Waals surface area contributed by atoms with Crippen LogP contribution in [0.15, 0.2) is 36.4 Å². The molecule has 0 saturated carbocycles. The summed E-state index contributed by atoms with van der Waals surface area (Å²) in [5.41, 5.74) is -4.49. The Morgan fingerprint density at radius 3 is 1.87 bits per heavy atom. The van der Waals surface area contributed by atoms with E-state index >= 15 is 0 Å². The summed E-state index contributed by atoms with van der Waals surface area (Å²) in [6.07, 6.45) is -15.9. The summed E-state index contributed by atoms with van der Waals surface area (Å²) in [5, 5.41) is 0. The maximum absolute atomic E-state index is 13.4. The molecule has 0 fully saturated rings. The van der Waals surface area contributed by atoms with Gasteiger partial charge in [-0.25, -0.2) is 4.79 Å². The second kappa shape index (κ2) is 10.6. The van der Waals surface area contributed by atoms with Gasteiger partial charge in [-0.15, -0.1) is 0 Å². The molecule has 0 radical (unpaired) electrons. The first-order valence-electron chi connectivity index (χ1n) is 11.6. The number of carbonyl (C=O) groups is 2. The van der Waals surface area contributed by atoms with Gasteiger partial charge in [-0.05, 0) is 55.3 Å². The summed E-state index contributed by atoms with van der Waals surface area (Å²) in [4.78, 5) is 27.0. The Balaban J connectivity index is 2.02. The van der Waals surface area contributed by atoms with Gasteiger partial charge in [0.2, 0.25) is 5.91 Å². The number of ether oxygens (including phenoxy) is 1. The molecule has 39 heavy (non-hydrogen) atoms. The second-order valence-electron chi connectivity index (χ2n) is 9.00. The van der Waals surface area contributed by atoms with Gasteiger partial charge in [0.15, 0.2) is 0 Å². The second-order valence-corrected chi connectivity index (χ2v) is 9.00. The molecule has 5 nitrogen and oxygen atoms in total. The molecule has 2 aromatic rings. The van der Waals surface area contributed by atoms with Crippen molar-refractivity contribution in [1.82, 2.24) is 4.90 Å². The highest BCUT2D eigenvalue weighted by Crippen LogP contribution is 2.45. The first-order chi connectivity index (χ1) is 17.8. The van der Waals surface area contributed by atoms with Crippen molar-refractivity contribution in [3.63, 3.8) is 0 Å². The molecule has 2 aromatic carbocycles. The maximum Gasteiger partial charge on any atom is 0.416 e. The highest BCUT2D eigenvalue weighted by molar-refractivity contribution is 5.92. The summed E-state index contributed by atoms with van der Waals surface area (Å²) in [5.74, 6) is -1.54. The van der Waals surface area contributed by atoms with Crippen LogP contribution in [0.1, 0.15) is 54.5 Å². The highest BCUT2D eigenvalue weighted by atomic mass is 19.4. The Morgan fingerprint density at radius 2 is 1.41 bits per heavy atom. The zero-order chi connectivity index (χ0) is 29.5. The Hall–Kier alpha value is -3.45. The number of amides is 2. The smallest absolute Gasteiger partial charge is 0.416 e. The van der Waals surface area contributed by atoms with Gasteiger partial charge in [-0.1, -0.05) is 6.07 Å². The topological polar surface area (TPSA) is 49.9 Å². The van der Waals surface area contributed by atoms with Crippen LogP contribution in [0.4, 0.5) is 50.0 Å². The standard InChI is InChI=1S/C25H23F9N2O3/c1-4-39-22(38)36-13(2)20(19-6-5-16(10-21(19)36)23(26,27)28)12-35(14(3)37)11-15-7-17(24(29,30)31)9-18(8-15)25(32,33)34/h5-10,13,20H,4,11-12H2,1-3H3. The zero-order valence-electron chi connectivity index (χ0n) is 20.8. The van der Waals surface area contributed by atoms with Crippen LogP contribution < -0.4 is 4.90 Å². The molecule has 214 valence electrons. The van der Waals surface area contributed by atoms with Gasteiger partial charge in [0.25, 0.3) is 0 Å². The van der Waals surface area contributed by atoms with Crippen molar-refractivity contribution in [2.75, 3.05) is 18.1 Å². The largest absolute Gasteiger partial charge is 0.449 e. The number of carbonyl (C=O) groups excluding carboxylic acids is 2. The van der Waals surface area contributed by atoms with E-state index in [1.54, 1.807) is 0 Å². The van der Waals surface area contributed by atoms with Crippen molar-refractivity contribution in [1.29, 1.82) is 0 Å². The third-order valence-electron chi connectivity index (χ3n) is 6.35. The molecule has 1 aliphatic rings. The predicted molar refractivity (Wildman–Crippen MR) is 121 cm³/mol. The van der Waals surface area contributed by atoms with Crippen LogP contribution in [0.5, 0.6) is 0 Å². The molecule has 2 unspecified atom stereocenters. The molecule has 0 aliphatic carbocycles. The Kier molecular flexibility index (Phi) is 8.19. The minimum Gasteiger partial charge on any atom is -0.449 e. The predicted octanol–water partition coefficient (Wildman–Crippen LogP) is 7.24. The van der Waals surface area contributed by atoms with E-state index in [2.05, 4.69) is 0 Å². The van der Waals surface area contributed by atoms with Gasteiger partial charge in [0.05, 0.1) is 29.0 Å². The van der Waals surface area contributed by atoms with E-state index in [1.165, 1.54) is 13.8 Å². The average Bonchev–Trinajstić information content (AvgIpc) is 3.07. The van der Waals surface area contributed by atoms with Crippen LogP contribution in [0.3, 0.4) is 0 Å². The summed E-state index contributed by atoms with van der Waals surface area (Å²) in [6.45, 7) is 2.97. The molecule has 0 bridgehead atoms. The number of anilines is 1. The molecule has 14 heteroatoms. The van der Waals surface area contributed by atoms with E-state index in [-0.39, 0.29) is 30.5 Å². The van der Waals surface area contributed by atoms with Crippen molar-refractivity contribution in [2.24, 2.45) is 0 Å². The lowest BCUT2D eigenvalue weighted by Crippen LogP contribution is -2.41. The fourth-order valence-corrected chi connectivity index (χ4v) is 4.48. The third kappa shape index (κ3) is 6.59. The van der Waals surface area contributed by atoms with Crippen LogP contribution in [0.25, 0.3) is 0 Å². The normalized spacial score (nSPS) is 17.7. The third-order valence-corrected chi connectivity index (χ3v) is 6.35. The fraction of sp³-hybridized carbons (Fsp3) is 0.440. The van der Waals surface area contributed by atoms with Crippen LogP contribution in [0.2, 0.25) is 0 Å². The molecule has 1 heterocycles. The number of fused-ring (bicyclic) bond motifs is 1. The van der Waals surface area contributed by atoms with E-state index in [0.29, 0.717) is 12.1 Å². The summed E-state index contributed by atoms with van der Waals surface area (Å²) >= 11 is 0. The molecule has 0 saturated heterocycles. The molecule has 1 aliphatic heterocycles. The highest BCUT2D eigenvalue weighted by Gasteiger charge is 2.43. The van der Waals surface area contributed by atoms with Crippen molar-refractivity contribution >= 4 is 17.7 Å². The number of hydrogen-bond acceptors (Lipinski definition) is 3. The van der Waals surface area contributed by atoms with Crippen molar-refractivity contribution < 1.29 is 53.8 Å². The van der Waals surface area contributed by atoms with Crippen LogP contribution in [-0.4, -0.2) is 36.1 Å². The van der Waals surface area contributed by atoms with Crippen LogP contribution >= 0.6 is 0 Å². The molecule has 2 amide bonds. The SMILES string of the molecule is CCOC(=O)N1c2cc(C(F)(F)F)ccc2C(CN(Cc2cc(C(F)(F)F)cc(C(F)(F)F)c2)C(C)=O)C1C. The van der Waals surface area contributed by atoms with Crippen LogP contribution in [0, 0.1) is 0 Å². The van der Waals surface area contributed by atoms with Gasteiger partial charge in [-0.3, -0.25) is 9.69 Å². The summed E-state index contributed by atoms with van der Waals surface area (Å²) in [7, 11) is 0. The first kappa shape index (κ1) is 30.1. The number of nitrogens with zero attached hydrogens (tertiary/aromatic N) is 2. The Morgan fingerprint density at radius 1 is 0.872 bits per heavy atom. The molecule has 0 N–H and O–H groups in total. The minimum absolute atomic E-state index is 0.0354. The lowest BCUT2D eigenvalue weighted by Gasteiger charge is -2.29. The van der Waals surface area contributed by atoms with E-state index < -0.39 is 71.3 Å². The first-order valence-corrected chi connectivity index (χ1v) is 11.6. The van der Waals surface area contributed by atoms with E-state index in [1.807, 2.05) is 0 Å². The number of halogens is 9. The van der Waals surface area contributed by atoms with Crippen molar-refractivity contribution in [3.05, 3.63) is 64.2 Å². The fourth-order valence-electron chi connectivity index (χ4n) is 4.48. The average molecular weight is 570 g/mol. The summed E-state index contributed by atoms with van der Waals surface area (Å²) in [6, 6.07) is 2.76. The number of benzene rings is 2. The molecular weight excluding hydrogens is 547 g/mol. The van der Waals surface area contributed by atoms with Gasteiger partial charge in [0.1, 0.15) is 0 Å². The van der Waals surface area contributed by atoms with Gasteiger partial charge in [0, 0.05) is 32.0 Å². The molecule has 3 rings (SSSR count). The monoisotopic (exact) mass is 570 g/mol. The Bertz CT molecular complexity index is 1210. The molecule has 2 atom stereocenters. The zero-order valence-corrected chi connectivity index (χ0v) is 20.8. The lowest BCUT2D eigenvalue weighted by molar-refractivity contribution is -0.143. The van der Waals surface area contributed by atoms with Crippen molar-refractivity contribution in [2.45, 2.75) is 57.8 Å². The number of rotatable bonds is 5. The quantitative estimate of drug-likeness (QED) is 0.356. The number of hydrogen-bond donors (Lipinski definition) is 0. The van der Waals surface area contributed by atoms with Crippen molar-refractivity contribution in [3.8, 4) is 0 Å². The molecule has 0 spiro atoms. The number of alkyl halides is 9. The Labute approximate surface area is 217 Å². The minimum atomic E-state index is -5.09. The van der Waals surface area contributed by atoms with Gasteiger partial charge < -0.3 is 9.64 Å². The van der Waals surface area contributed by atoms with Gasteiger partial charge in [-0.2, -0.15) is 39.5 Å². The van der Waals surface area contributed by atoms with E-state index in [9.17, 15) is 49.1 Å². The molecular formula is C25H23F9N2O3. The van der Waals surface area contributed by atoms with E-state index in [0.717, 1.165) is 34.9 Å². The summed E-state index contributed by atoms with van der Waals surface area (Å²) < 4.78 is 125. The maximum atomic E-state index is 13.4. The lowest BCUT2D eigenvalue weighted by atomic mass is 9.94. The molecule has 0 aromatic heterocycles. The van der Waals surface area contributed by atoms with E-state index in [4.69, 9.17) is 4.74 Å². The van der Waals surface area contributed by atoms with Crippen LogP contribution in [-0.2, 0) is 34.6 Å². The van der Waals surface area contributed by atoms with Gasteiger partial charge >= 0.3 is 24.6 Å².